The lowest BCUT2D eigenvalue weighted by molar-refractivity contribution is -0.135. The number of carbonyl (C=O) groups is 3. The summed E-state index contributed by atoms with van der Waals surface area (Å²) in [6, 6.07) is 8.83. The minimum absolute atomic E-state index is 0.152. The first-order valence-electron chi connectivity index (χ1n) is 19.0. The van der Waals surface area contributed by atoms with Crippen molar-refractivity contribution in [2.75, 3.05) is 25.0 Å². The minimum Gasteiger partial charge on any atom is -0.448 e. The fraction of sp³-hybridized carbons (Fsp3) is 0.500. The van der Waals surface area contributed by atoms with Crippen LogP contribution in [-0.2, 0) is 22.2 Å². The molecule has 0 spiro atoms. The van der Waals surface area contributed by atoms with Crippen molar-refractivity contribution in [1.82, 2.24) is 29.3 Å². The third-order valence-electron chi connectivity index (χ3n) is 11.7. The van der Waals surface area contributed by atoms with E-state index in [0.29, 0.717) is 52.4 Å². The lowest BCUT2D eigenvalue weighted by atomic mass is 9.81. The summed E-state index contributed by atoms with van der Waals surface area (Å²) in [6.45, 7) is 8.01. The molecule has 54 heavy (non-hydrogen) atoms. The Morgan fingerprint density at radius 3 is 2.46 bits per heavy atom. The van der Waals surface area contributed by atoms with Crippen LogP contribution in [0.3, 0.4) is 0 Å². The van der Waals surface area contributed by atoms with Crippen molar-refractivity contribution >= 4 is 45.5 Å². The Labute approximate surface area is 311 Å². The van der Waals surface area contributed by atoms with E-state index in [2.05, 4.69) is 26.6 Å². The van der Waals surface area contributed by atoms with Crippen LogP contribution in [0.25, 0.3) is 22.1 Å². The van der Waals surface area contributed by atoms with E-state index in [0.717, 1.165) is 74.8 Å². The quantitative estimate of drug-likeness (QED) is 0.175. The Balaban J connectivity index is 0.895. The van der Waals surface area contributed by atoms with E-state index in [1.165, 1.54) is 6.26 Å². The van der Waals surface area contributed by atoms with E-state index in [-0.39, 0.29) is 29.6 Å². The molecule has 0 radical (unpaired) electrons. The highest BCUT2D eigenvalue weighted by molar-refractivity contribution is 6.04. The standard InChI is InChI=1S/C40H47N7O7/c1-22-41-30(21-53-22)36(49)42-28-19-33-29(18-27(28)40(2,3)52)43-38(54-33)25-10-8-23(9-11-25)20-46-16-14-24(15-17-46)26-6-5-7-31-35(26)45(4)39(51)47(31)32-12-13-34(48)44-37(32)50/h5-7,18-19,21,23-25,32,52H,8-17,20H2,1-4H3,(H,42,49)(H,44,48,50). The van der Waals surface area contributed by atoms with Crippen molar-refractivity contribution in [2.24, 2.45) is 13.0 Å². The number of fused-ring (bicyclic) bond motifs is 2. The van der Waals surface area contributed by atoms with Crippen LogP contribution in [0.5, 0.6) is 0 Å². The van der Waals surface area contributed by atoms with Crippen LogP contribution in [0.1, 0.15) is 116 Å². The summed E-state index contributed by atoms with van der Waals surface area (Å²) >= 11 is 0. The number of carbonyl (C=O) groups excluding carboxylic acids is 3. The third-order valence-corrected chi connectivity index (χ3v) is 11.7. The number of piperidine rings is 2. The van der Waals surface area contributed by atoms with Gasteiger partial charge in [0.15, 0.2) is 23.1 Å². The SMILES string of the molecule is Cc1nc(C(=O)Nc2cc3oc(C4CCC(CN5CCC(c6cccc7c6n(C)c(=O)n7C6CCC(=O)NC6=O)CC5)CC4)nc3cc2C(C)(C)O)co1. The largest absolute Gasteiger partial charge is 0.448 e. The summed E-state index contributed by atoms with van der Waals surface area (Å²) in [7, 11) is 1.77. The topological polar surface area (TPSA) is 178 Å². The zero-order chi connectivity index (χ0) is 37.9. The number of amides is 3. The normalized spacial score (nSPS) is 21.9. The highest BCUT2D eigenvalue weighted by Crippen LogP contribution is 2.40. The van der Waals surface area contributed by atoms with Crippen LogP contribution in [0.2, 0.25) is 0 Å². The van der Waals surface area contributed by atoms with Gasteiger partial charge in [-0.3, -0.25) is 28.8 Å². The van der Waals surface area contributed by atoms with Crippen molar-refractivity contribution in [3.8, 4) is 0 Å². The molecule has 3 aliphatic rings. The monoisotopic (exact) mass is 737 g/mol. The van der Waals surface area contributed by atoms with Gasteiger partial charge >= 0.3 is 5.69 Å². The average Bonchev–Trinajstić information content (AvgIpc) is 3.84. The van der Waals surface area contributed by atoms with Gasteiger partial charge in [0.25, 0.3) is 5.91 Å². The highest BCUT2D eigenvalue weighted by Gasteiger charge is 2.34. The Kier molecular flexibility index (Phi) is 9.29. The Morgan fingerprint density at radius 2 is 1.78 bits per heavy atom. The first-order chi connectivity index (χ1) is 25.8. The molecule has 14 heteroatoms. The number of likely N-dealkylation sites (tertiary alicyclic amines) is 1. The van der Waals surface area contributed by atoms with E-state index >= 15 is 0 Å². The maximum absolute atomic E-state index is 13.4. The van der Waals surface area contributed by atoms with Crippen molar-refractivity contribution in [3.05, 3.63) is 75.7 Å². The number of imidazole rings is 1. The highest BCUT2D eigenvalue weighted by atomic mass is 16.4. The number of nitrogens with one attached hydrogen (secondary N) is 2. The molecule has 5 aromatic rings. The molecule has 3 aromatic heterocycles. The number of para-hydroxylation sites is 1. The van der Waals surface area contributed by atoms with Crippen LogP contribution >= 0.6 is 0 Å². The van der Waals surface area contributed by atoms with Gasteiger partial charge in [-0.15, -0.1) is 0 Å². The number of aliphatic hydroxyl groups is 1. The van der Waals surface area contributed by atoms with Crippen molar-refractivity contribution < 1.29 is 28.3 Å². The molecule has 3 fully saturated rings. The van der Waals surface area contributed by atoms with Gasteiger partial charge in [-0.05, 0) is 101 Å². The zero-order valence-corrected chi connectivity index (χ0v) is 31.2. The summed E-state index contributed by atoms with van der Waals surface area (Å²) in [5.41, 5.74) is 3.61. The second-order valence-electron chi connectivity index (χ2n) is 15.9. The maximum atomic E-state index is 13.4. The molecule has 8 rings (SSSR count). The minimum atomic E-state index is -1.24. The van der Waals surface area contributed by atoms with Gasteiger partial charge in [0.05, 0.1) is 22.3 Å². The summed E-state index contributed by atoms with van der Waals surface area (Å²) < 4.78 is 14.7. The molecule has 3 N–H and O–H groups in total. The van der Waals surface area contributed by atoms with Crippen LogP contribution < -0.4 is 16.3 Å². The number of aryl methyl sites for hydroxylation is 2. The van der Waals surface area contributed by atoms with Gasteiger partial charge in [-0.1, -0.05) is 12.1 Å². The average molecular weight is 738 g/mol. The summed E-state index contributed by atoms with van der Waals surface area (Å²) in [5.74, 6) is 1.01. The number of benzene rings is 2. The number of imide groups is 1. The number of hydrogen-bond acceptors (Lipinski definition) is 10. The lowest BCUT2D eigenvalue weighted by Gasteiger charge is -2.36. The molecular formula is C40H47N7O7. The predicted octanol–water partition coefficient (Wildman–Crippen LogP) is 5.39. The van der Waals surface area contributed by atoms with Crippen LogP contribution in [0.15, 0.2) is 50.2 Å². The van der Waals surface area contributed by atoms with E-state index in [1.807, 2.05) is 12.1 Å². The van der Waals surface area contributed by atoms with Gasteiger partial charge in [-0.2, -0.15) is 0 Å². The zero-order valence-electron chi connectivity index (χ0n) is 31.2. The molecule has 1 atom stereocenters. The predicted molar refractivity (Wildman–Crippen MR) is 200 cm³/mol. The molecule has 2 saturated heterocycles. The van der Waals surface area contributed by atoms with E-state index < -0.39 is 23.5 Å². The number of aromatic nitrogens is 4. The van der Waals surface area contributed by atoms with Gasteiger partial charge in [0, 0.05) is 44.5 Å². The van der Waals surface area contributed by atoms with Crippen LogP contribution in [-0.4, -0.2) is 66.5 Å². The van der Waals surface area contributed by atoms with Gasteiger partial charge < -0.3 is 24.2 Å². The molecule has 2 aliphatic heterocycles. The molecule has 5 heterocycles. The molecule has 284 valence electrons. The summed E-state index contributed by atoms with van der Waals surface area (Å²) in [6.07, 6.45) is 7.92. The number of anilines is 1. The van der Waals surface area contributed by atoms with Gasteiger partial charge in [0.1, 0.15) is 17.8 Å². The van der Waals surface area contributed by atoms with Gasteiger partial charge in [0.2, 0.25) is 11.8 Å². The van der Waals surface area contributed by atoms with E-state index in [9.17, 15) is 24.3 Å². The molecule has 1 saturated carbocycles. The number of rotatable bonds is 8. The number of oxazole rings is 2. The van der Waals surface area contributed by atoms with E-state index in [1.54, 1.807) is 49.1 Å². The van der Waals surface area contributed by atoms with Crippen molar-refractivity contribution in [3.63, 3.8) is 0 Å². The van der Waals surface area contributed by atoms with Gasteiger partial charge in [-0.25, -0.2) is 14.8 Å². The Hall–Kier alpha value is -5.08. The molecular weight excluding hydrogens is 690 g/mol. The first-order valence-corrected chi connectivity index (χ1v) is 19.0. The van der Waals surface area contributed by atoms with E-state index in [4.69, 9.17) is 13.8 Å². The molecule has 1 unspecified atom stereocenters. The molecule has 14 nitrogen and oxygen atoms in total. The Bertz CT molecular complexity index is 2310. The first kappa shape index (κ1) is 35.9. The third kappa shape index (κ3) is 6.77. The molecule has 3 amide bonds. The second kappa shape index (κ2) is 14.0. The molecule has 1 aliphatic carbocycles. The molecule has 0 bridgehead atoms. The number of hydrogen-bond donors (Lipinski definition) is 3. The lowest BCUT2D eigenvalue weighted by Crippen LogP contribution is -2.44. The molecule has 2 aromatic carbocycles. The van der Waals surface area contributed by atoms with Crippen LogP contribution in [0.4, 0.5) is 5.69 Å². The fourth-order valence-corrected chi connectivity index (χ4v) is 8.84. The Morgan fingerprint density at radius 1 is 1.02 bits per heavy atom. The number of nitrogens with zero attached hydrogens (tertiary/aromatic N) is 5. The smallest absolute Gasteiger partial charge is 0.329 e. The summed E-state index contributed by atoms with van der Waals surface area (Å²) in [5, 5.41) is 16.2. The second-order valence-corrected chi connectivity index (χ2v) is 15.9. The van der Waals surface area contributed by atoms with Crippen molar-refractivity contribution in [1.29, 1.82) is 0 Å². The van der Waals surface area contributed by atoms with Crippen molar-refractivity contribution in [2.45, 2.75) is 95.6 Å². The summed E-state index contributed by atoms with van der Waals surface area (Å²) in [4.78, 5) is 62.3. The maximum Gasteiger partial charge on any atom is 0.329 e. The van der Waals surface area contributed by atoms with Crippen LogP contribution in [0, 0.1) is 12.8 Å². The fourth-order valence-electron chi connectivity index (χ4n) is 8.84.